The Hall–Kier alpha value is -4.23. The zero-order valence-electron chi connectivity index (χ0n) is 20.9. The van der Waals surface area contributed by atoms with Crippen LogP contribution in [0.1, 0.15) is 24.3 Å². The number of halogens is 1. The highest BCUT2D eigenvalue weighted by atomic mass is 35.5. The zero-order valence-corrected chi connectivity index (χ0v) is 22.5. The van der Waals surface area contributed by atoms with Crippen LogP contribution in [0.3, 0.4) is 0 Å². The molecule has 0 aliphatic carbocycles. The van der Waals surface area contributed by atoms with E-state index in [2.05, 4.69) is 69.0 Å². The van der Waals surface area contributed by atoms with E-state index in [1.165, 1.54) is 22.4 Å². The smallest absolute Gasteiger partial charge is 0.412 e. The van der Waals surface area contributed by atoms with Gasteiger partial charge in [0.05, 0.1) is 16.3 Å². The van der Waals surface area contributed by atoms with Gasteiger partial charge in [-0.25, -0.2) is 4.79 Å². The van der Waals surface area contributed by atoms with Gasteiger partial charge in [-0.1, -0.05) is 60.1 Å². The Labute approximate surface area is 228 Å². The van der Waals surface area contributed by atoms with Crippen molar-refractivity contribution in [1.29, 1.82) is 0 Å². The van der Waals surface area contributed by atoms with Gasteiger partial charge in [-0.15, -0.1) is 0 Å². The average molecular weight is 546 g/mol. The lowest BCUT2D eigenvalue weighted by Gasteiger charge is -2.16. The first kappa shape index (κ1) is 26.8. The standard InChI is InChI=1S/C28H24ClN3O2S.CO2/c1-17-26(30-28(33)34-18(2)23-6-4-5-7-24(23)29)27(35-31-17)20-10-8-19(9-11-20)21-12-13-25-22(16-21)14-15-32(25)3;2-1-3/h4-16,18H,1-3H3,(H,30,33);/t18-;/m1./s1. The monoisotopic (exact) mass is 545 g/mol. The minimum atomic E-state index is -0.547. The summed E-state index contributed by atoms with van der Waals surface area (Å²) < 4.78 is 12.2. The van der Waals surface area contributed by atoms with Gasteiger partial charge >= 0.3 is 12.2 Å². The summed E-state index contributed by atoms with van der Waals surface area (Å²) in [5, 5.41) is 4.66. The van der Waals surface area contributed by atoms with Crippen molar-refractivity contribution in [2.75, 3.05) is 5.32 Å². The minimum Gasteiger partial charge on any atom is -0.441 e. The molecule has 0 fully saturated rings. The second kappa shape index (κ2) is 11.9. The molecule has 0 aliphatic heterocycles. The van der Waals surface area contributed by atoms with Crippen LogP contribution >= 0.6 is 23.1 Å². The Balaban J connectivity index is 0.00000107. The van der Waals surface area contributed by atoms with Crippen molar-refractivity contribution in [1.82, 2.24) is 8.94 Å². The van der Waals surface area contributed by atoms with Gasteiger partial charge in [0.25, 0.3) is 0 Å². The van der Waals surface area contributed by atoms with E-state index in [0.717, 1.165) is 32.8 Å². The molecule has 1 amide bonds. The van der Waals surface area contributed by atoms with Gasteiger partial charge in [-0.3, -0.25) is 5.32 Å². The summed E-state index contributed by atoms with van der Waals surface area (Å²) >= 11 is 7.59. The van der Waals surface area contributed by atoms with Crippen LogP contribution in [0, 0.1) is 6.92 Å². The number of carbonyl (C=O) groups is 1. The number of nitrogens with one attached hydrogen (secondary N) is 1. The summed E-state index contributed by atoms with van der Waals surface area (Å²) in [5.74, 6) is 0. The average Bonchev–Trinajstić information content (AvgIpc) is 3.46. The van der Waals surface area contributed by atoms with Crippen LogP contribution in [-0.2, 0) is 21.4 Å². The first-order chi connectivity index (χ1) is 18.3. The molecule has 9 heteroatoms. The van der Waals surface area contributed by atoms with Crippen LogP contribution in [-0.4, -0.2) is 21.2 Å². The molecule has 0 saturated carbocycles. The molecule has 38 heavy (non-hydrogen) atoms. The van der Waals surface area contributed by atoms with E-state index in [9.17, 15) is 4.79 Å². The highest BCUT2D eigenvalue weighted by Crippen LogP contribution is 2.36. The lowest BCUT2D eigenvalue weighted by atomic mass is 10.0. The molecule has 2 heterocycles. The van der Waals surface area contributed by atoms with E-state index in [1.54, 1.807) is 13.0 Å². The summed E-state index contributed by atoms with van der Waals surface area (Å²) in [5.41, 5.74) is 6.63. The van der Waals surface area contributed by atoms with Crippen molar-refractivity contribution in [3.63, 3.8) is 0 Å². The number of anilines is 1. The molecule has 5 aromatic rings. The molecule has 7 nitrogen and oxygen atoms in total. The summed E-state index contributed by atoms with van der Waals surface area (Å²) in [6, 6.07) is 24.2. The SMILES string of the molecule is Cc1nsc(-c2ccc(-c3ccc4c(ccn4C)c3)cc2)c1NC(=O)O[C@H](C)c1ccccc1Cl.O=C=O. The van der Waals surface area contributed by atoms with Gasteiger partial charge in [0.1, 0.15) is 6.10 Å². The van der Waals surface area contributed by atoms with Gasteiger partial charge in [0.2, 0.25) is 0 Å². The second-order valence-corrected chi connectivity index (χ2v) is 9.71. The fourth-order valence-electron chi connectivity index (χ4n) is 4.15. The first-order valence-corrected chi connectivity index (χ1v) is 12.8. The number of hydrogen-bond acceptors (Lipinski definition) is 6. The maximum absolute atomic E-state index is 12.7. The molecular formula is C29H24ClN3O4S. The van der Waals surface area contributed by atoms with Crippen LogP contribution in [0.15, 0.2) is 79.0 Å². The van der Waals surface area contributed by atoms with Crippen molar-refractivity contribution < 1.29 is 19.1 Å². The van der Waals surface area contributed by atoms with Gasteiger partial charge in [-0.05, 0) is 66.3 Å². The maximum Gasteiger partial charge on any atom is 0.412 e. The Morgan fingerprint density at radius 2 is 1.68 bits per heavy atom. The molecule has 1 atom stereocenters. The van der Waals surface area contributed by atoms with Gasteiger partial charge in [-0.2, -0.15) is 14.0 Å². The topological polar surface area (TPSA) is 90.3 Å². The minimum absolute atomic E-state index is 0.250. The molecule has 0 spiro atoms. The number of nitrogens with zero attached hydrogens (tertiary/aromatic N) is 2. The Morgan fingerprint density at radius 1 is 1.03 bits per heavy atom. The largest absolute Gasteiger partial charge is 0.441 e. The quantitative estimate of drug-likeness (QED) is 0.245. The summed E-state index contributed by atoms with van der Waals surface area (Å²) in [6.07, 6.45) is 1.29. The molecule has 192 valence electrons. The van der Waals surface area contributed by atoms with E-state index >= 15 is 0 Å². The molecule has 0 bridgehead atoms. The maximum atomic E-state index is 12.7. The number of fused-ring (bicyclic) bond motifs is 1. The number of carbonyl (C=O) groups excluding carboxylic acids is 3. The summed E-state index contributed by atoms with van der Waals surface area (Å²) in [7, 11) is 2.05. The zero-order chi connectivity index (χ0) is 27.2. The van der Waals surface area contributed by atoms with E-state index in [4.69, 9.17) is 25.9 Å². The normalized spacial score (nSPS) is 11.3. The number of aromatic nitrogens is 2. The van der Waals surface area contributed by atoms with E-state index < -0.39 is 12.2 Å². The third-order valence-electron chi connectivity index (χ3n) is 6.08. The van der Waals surface area contributed by atoms with Crippen molar-refractivity contribution in [2.24, 2.45) is 7.05 Å². The first-order valence-electron chi connectivity index (χ1n) is 11.7. The van der Waals surface area contributed by atoms with Crippen LogP contribution in [0.2, 0.25) is 5.02 Å². The summed E-state index contributed by atoms with van der Waals surface area (Å²) in [6.45, 7) is 3.67. The fourth-order valence-corrected chi connectivity index (χ4v) is 5.29. The second-order valence-electron chi connectivity index (χ2n) is 8.53. The lowest BCUT2D eigenvalue weighted by Crippen LogP contribution is -2.16. The molecule has 0 unspecified atom stereocenters. The van der Waals surface area contributed by atoms with Crippen molar-refractivity contribution >= 4 is 52.0 Å². The highest BCUT2D eigenvalue weighted by molar-refractivity contribution is 7.10. The van der Waals surface area contributed by atoms with E-state index in [0.29, 0.717) is 10.7 Å². The third-order valence-corrected chi connectivity index (χ3v) is 7.41. The Morgan fingerprint density at radius 3 is 2.39 bits per heavy atom. The third kappa shape index (κ3) is 5.84. The van der Waals surface area contributed by atoms with Crippen molar-refractivity contribution in [3.8, 4) is 21.6 Å². The van der Waals surface area contributed by atoms with E-state index in [-0.39, 0.29) is 6.15 Å². The van der Waals surface area contributed by atoms with Crippen molar-refractivity contribution in [3.05, 3.63) is 95.3 Å². The fraction of sp³-hybridized carbons (Fsp3) is 0.138. The Bertz CT molecular complexity index is 1620. The van der Waals surface area contributed by atoms with E-state index in [1.807, 2.05) is 32.2 Å². The van der Waals surface area contributed by atoms with Gasteiger partial charge < -0.3 is 9.30 Å². The molecule has 1 N–H and O–H groups in total. The number of ether oxygens (including phenoxy) is 1. The molecule has 5 rings (SSSR count). The highest BCUT2D eigenvalue weighted by Gasteiger charge is 2.19. The molecule has 0 radical (unpaired) electrons. The summed E-state index contributed by atoms with van der Waals surface area (Å²) in [4.78, 5) is 29.8. The van der Waals surface area contributed by atoms with Crippen LogP contribution in [0.5, 0.6) is 0 Å². The van der Waals surface area contributed by atoms with Crippen LogP contribution in [0.4, 0.5) is 10.5 Å². The lowest BCUT2D eigenvalue weighted by molar-refractivity contribution is -0.191. The number of hydrogen-bond donors (Lipinski definition) is 1. The molecule has 0 saturated heterocycles. The van der Waals surface area contributed by atoms with Crippen molar-refractivity contribution in [2.45, 2.75) is 20.0 Å². The van der Waals surface area contributed by atoms with Gasteiger partial charge in [0, 0.05) is 34.7 Å². The number of benzene rings is 3. The number of amides is 1. The van der Waals surface area contributed by atoms with Crippen LogP contribution in [0.25, 0.3) is 32.5 Å². The number of aryl methyl sites for hydroxylation is 2. The molecule has 2 aromatic heterocycles. The van der Waals surface area contributed by atoms with Crippen LogP contribution < -0.4 is 5.32 Å². The molecule has 3 aromatic carbocycles. The Kier molecular flexibility index (Phi) is 8.38. The predicted molar refractivity (Wildman–Crippen MR) is 149 cm³/mol. The molecule has 0 aliphatic rings. The predicted octanol–water partition coefficient (Wildman–Crippen LogP) is 7.66. The molecular weight excluding hydrogens is 522 g/mol. The van der Waals surface area contributed by atoms with Gasteiger partial charge in [0.15, 0.2) is 0 Å². The number of rotatable bonds is 5.